The molecule has 3 amide bonds. The smallest absolute Gasteiger partial charge is 0.320 e. The molecule has 1 N–H and O–H groups in total. The van der Waals surface area contributed by atoms with E-state index >= 15 is 0 Å². The average molecular weight is 411 g/mol. The maximum Gasteiger partial charge on any atom is 0.432 e. The van der Waals surface area contributed by atoms with E-state index in [1.54, 1.807) is 0 Å². The minimum Gasteiger partial charge on any atom is -0.320 e. The number of carbonyl (C=O) groups is 3. The fourth-order valence-electron chi connectivity index (χ4n) is 3.64. The van der Waals surface area contributed by atoms with Gasteiger partial charge in [-0.25, -0.2) is 4.79 Å². The molecule has 0 radical (unpaired) electrons. The van der Waals surface area contributed by atoms with Gasteiger partial charge in [0.15, 0.2) is 0 Å². The molecule has 1 aliphatic heterocycles. The number of unbranched alkanes of at least 4 members (excludes halogenated alkanes) is 15. The molecule has 1 aliphatic rings. The number of hydrogen-bond acceptors (Lipinski definition) is 4. The van der Waals surface area contributed by atoms with E-state index in [0.29, 0.717) is 11.6 Å². The minimum atomic E-state index is -0.727. The van der Waals surface area contributed by atoms with Gasteiger partial charge >= 0.3 is 6.09 Å². The normalized spacial score (nSPS) is 13.9. The highest BCUT2D eigenvalue weighted by atomic mass is 16.7. The molecule has 0 aliphatic carbocycles. The van der Waals surface area contributed by atoms with Crippen LogP contribution in [0.5, 0.6) is 0 Å². The van der Waals surface area contributed by atoms with Crippen LogP contribution in [0.2, 0.25) is 0 Å². The summed E-state index contributed by atoms with van der Waals surface area (Å²) >= 11 is 0. The number of rotatable bonds is 18. The predicted octanol–water partition coefficient (Wildman–Crippen LogP) is 6.04. The summed E-state index contributed by atoms with van der Waals surface area (Å²) < 4.78 is 0. The lowest BCUT2D eigenvalue weighted by Crippen LogP contribution is -2.37. The third-order valence-electron chi connectivity index (χ3n) is 5.48. The van der Waals surface area contributed by atoms with Gasteiger partial charge in [0.25, 0.3) is 11.8 Å². The molecule has 0 spiro atoms. The Hall–Kier alpha value is -1.59. The van der Waals surface area contributed by atoms with Crippen LogP contribution in [0.4, 0.5) is 4.79 Å². The Morgan fingerprint density at radius 3 is 1.52 bits per heavy atom. The molecule has 1 fully saturated rings. The molecular formula is C23H42N2O4. The summed E-state index contributed by atoms with van der Waals surface area (Å²) in [4.78, 5) is 39.0. The van der Waals surface area contributed by atoms with Gasteiger partial charge in [-0.2, -0.15) is 0 Å². The van der Waals surface area contributed by atoms with Gasteiger partial charge in [0.1, 0.15) is 0 Å². The molecular weight excluding hydrogens is 368 g/mol. The molecule has 1 heterocycles. The summed E-state index contributed by atoms with van der Waals surface area (Å²) in [6.07, 6.45) is 20.4. The van der Waals surface area contributed by atoms with Gasteiger partial charge in [-0.1, -0.05) is 103 Å². The average Bonchev–Trinajstić information content (AvgIpc) is 3.02. The van der Waals surface area contributed by atoms with E-state index in [2.05, 4.69) is 12.2 Å². The highest BCUT2D eigenvalue weighted by Gasteiger charge is 2.32. The third-order valence-corrected chi connectivity index (χ3v) is 5.48. The first-order valence-corrected chi connectivity index (χ1v) is 12.0. The Labute approximate surface area is 177 Å². The van der Waals surface area contributed by atoms with Gasteiger partial charge in [-0.3, -0.25) is 9.59 Å². The molecule has 0 aromatic rings. The van der Waals surface area contributed by atoms with Crippen molar-refractivity contribution >= 4 is 17.9 Å². The molecule has 0 atom stereocenters. The van der Waals surface area contributed by atoms with Crippen LogP contribution < -0.4 is 5.32 Å². The first-order chi connectivity index (χ1) is 14.1. The van der Waals surface area contributed by atoms with Crippen molar-refractivity contribution in [2.45, 2.75) is 122 Å². The van der Waals surface area contributed by atoms with Crippen LogP contribution in [-0.4, -0.2) is 29.5 Å². The number of nitrogens with zero attached hydrogens (tertiary/aromatic N) is 1. The molecule has 1 saturated heterocycles. The summed E-state index contributed by atoms with van der Waals surface area (Å²) in [5, 5.41) is 3.17. The number of carbonyl (C=O) groups excluding carboxylic acids is 3. The molecule has 6 heteroatoms. The molecule has 6 nitrogen and oxygen atoms in total. The van der Waals surface area contributed by atoms with Crippen molar-refractivity contribution in [3.63, 3.8) is 0 Å². The zero-order valence-corrected chi connectivity index (χ0v) is 18.5. The van der Waals surface area contributed by atoms with E-state index in [9.17, 15) is 14.4 Å². The van der Waals surface area contributed by atoms with Crippen LogP contribution in [0.1, 0.15) is 122 Å². The quantitative estimate of drug-likeness (QED) is 0.221. The predicted molar refractivity (Wildman–Crippen MR) is 115 cm³/mol. The summed E-state index contributed by atoms with van der Waals surface area (Å²) in [5.41, 5.74) is 0. The zero-order chi connectivity index (χ0) is 21.2. The van der Waals surface area contributed by atoms with E-state index in [1.165, 1.54) is 89.9 Å². The highest BCUT2D eigenvalue weighted by Crippen LogP contribution is 2.14. The van der Waals surface area contributed by atoms with Crippen molar-refractivity contribution in [2.24, 2.45) is 0 Å². The van der Waals surface area contributed by atoms with Crippen molar-refractivity contribution in [3.05, 3.63) is 0 Å². The molecule has 168 valence electrons. The number of amides is 3. The van der Waals surface area contributed by atoms with Crippen molar-refractivity contribution in [1.29, 1.82) is 0 Å². The Kier molecular flexibility index (Phi) is 15.2. The van der Waals surface area contributed by atoms with Gasteiger partial charge in [-0.05, 0) is 6.42 Å². The molecule has 29 heavy (non-hydrogen) atoms. The fraction of sp³-hybridized carbons (Fsp3) is 0.870. The first-order valence-electron chi connectivity index (χ1n) is 12.0. The van der Waals surface area contributed by atoms with Crippen molar-refractivity contribution in [2.75, 3.05) is 6.54 Å². The molecule has 1 rings (SSSR count). The van der Waals surface area contributed by atoms with E-state index in [-0.39, 0.29) is 12.8 Å². The highest BCUT2D eigenvalue weighted by molar-refractivity contribution is 6.01. The summed E-state index contributed by atoms with van der Waals surface area (Å²) in [7, 11) is 0. The lowest BCUT2D eigenvalue weighted by atomic mass is 10.0. The SMILES string of the molecule is CCCCCCCCCCCCCCCCCCNC(=O)ON1C(=O)CCC1=O. The molecule has 0 saturated carbocycles. The number of hydroxylamine groups is 2. The van der Waals surface area contributed by atoms with Gasteiger partial charge in [0.2, 0.25) is 0 Å². The molecule has 0 aromatic carbocycles. The summed E-state index contributed by atoms with van der Waals surface area (Å²) in [6, 6.07) is 0. The third kappa shape index (κ3) is 13.3. The van der Waals surface area contributed by atoms with Crippen molar-refractivity contribution in [1.82, 2.24) is 10.4 Å². The van der Waals surface area contributed by atoms with Crippen LogP contribution >= 0.6 is 0 Å². The largest absolute Gasteiger partial charge is 0.432 e. The lowest BCUT2D eigenvalue weighted by molar-refractivity contribution is -0.171. The van der Waals surface area contributed by atoms with Crippen molar-refractivity contribution in [3.8, 4) is 0 Å². The Bertz CT molecular complexity index is 452. The van der Waals surface area contributed by atoms with E-state index in [4.69, 9.17) is 4.84 Å². The molecule has 0 bridgehead atoms. The van der Waals surface area contributed by atoms with Gasteiger partial charge in [-0.15, -0.1) is 5.06 Å². The second-order valence-corrected chi connectivity index (χ2v) is 8.19. The second-order valence-electron chi connectivity index (χ2n) is 8.19. The summed E-state index contributed by atoms with van der Waals surface area (Å²) in [6.45, 7) is 2.77. The maximum atomic E-state index is 11.6. The standard InChI is InChI=1S/C23H42N2O4/c1-2-3-4-5-6-7-8-9-10-11-12-13-14-15-16-17-20-24-23(28)29-25-21(26)18-19-22(25)27/h2-20H2,1H3,(H,24,28). The van der Waals surface area contributed by atoms with Crippen LogP contribution in [-0.2, 0) is 14.4 Å². The van der Waals surface area contributed by atoms with Gasteiger partial charge in [0.05, 0.1) is 0 Å². The Morgan fingerprint density at radius 1 is 0.724 bits per heavy atom. The van der Waals surface area contributed by atoms with E-state index in [1.807, 2.05) is 0 Å². The van der Waals surface area contributed by atoms with E-state index in [0.717, 1.165) is 12.8 Å². The van der Waals surface area contributed by atoms with Crippen LogP contribution in [0.3, 0.4) is 0 Å². The van der Waals surface area contributed by atoms with Gasteiger partial charge < -0.3 is 10.2 Å². The molecule has 0 unspecified atom stereocenters. The Balaban J connectivity index is 1.77. The topological polar surface area (TPSA) is 75.7 Å². The number of hydrogen-bond donors (Lipinski definition) is 1. The maximum absolute atomic E-state index is 11.6. The van der Waals surface area contributed by atoms with E-state index < -0.39 is 17.9 Å². The van der Waals surface area contributed by atoms with Crippen LogP contribution in [0, 0.1) is 0 Å². The monoisotopic (exact) mass is 410 g/mol. The van der Waals surface area contributed by atoms with Gasteiger partial charge in [0, 0.05) is 19.4 Å². The Morgan fingerprint density at radius 2 is 1.10 bits per heavy atom. The number of imide groups is 1. The second kappa shape index (κ2) is 17.3. The fourth-order valence-corrected chi connectivity index (χ4v) is 3.64. The molecule has 0 aromatic heterocycles. The first kappa shape index (κ1) is 25.4. The summed E-state index contributed by atoms with van der Waals surface area (Å²) in [5.74, 6) is -0.903. The van der Waals surface area contributed by atoms with Crippen LogP contribution in [0.15, 0.2) is 0 Å². The lowest BCUT2D eigenvalue weighted by Gasteiger charge is -2.13. The number of nitrogens with one attached hydrogen (secondary N) is 1. The van der Waals surface area contributed by atoms with Crippen LogP contribution in [0.25, 0.3) is 0 Å². The minimum absolute atomic E-state index is 0.116. The van der Waals surface area contributed by atoms with Crippen molar-refractivity contribution < 1.29 is 19.2 Å². The zero-order valence-electron chi connectivity index (χ0n) is 18.5.